The first-order chi connectivity index (χ1) is 6.91. The maximum atomic E-state index is 10.8. The molecule has 0 fully saturated rings. The lowest BCUT2D eigenvalue weighted by Gasteiger charge is -2.09. The Labute approximate surface area is 90.3 Å². The van der Waals surface area contributed by atoms with Crippen LogP contribution in [0.15, 0.2) is 12.1 Å². The largest absolute Gasteiger partial charge is 0.506 e. The summed E-state index contributed by atoms with van der Waals surface area (Å²) in [4.78, 5) is 21.6. The van der Waals surface area contributed by atoms with E-state index in [0.717, 1.165) is 12.1 Å². The number of benzene rings is 1. The predicted octanol–water partition coefficient (Wildman–Crippen LogP) is 1.70. The smallest absolute Gasteiger partial charge is 0.338 e. The van der Waals surface area contributed by atoms with E-state index in [1.807, 2.05) is 0 Å². The first-order valence-corrected chi connectivity index (χ1v) is 4.33. The van der Waals surface area contributed by atoms with Crippen molar-refractivity contribution in [3.63, 3.8) is 0 Å². The van der Waals surface area contributed by atoms with Gasteiger partial charge in [-0.05, 0) is 6.07 Å². The lowest BCUT2D eigenvalue weighted by atomic mass is 10.1. The van der Waals surface area contributed by atoms with Crippen molar-refractivity contribution >= 4 is 29.2 Å². The number of halogens is 1. The van der Waals surface area contributed by atoms with E-state index in [-0.39, 0.29) is 22.0 Å². The summed E-state index contributed by atoms with van der Waals surface area (Å²) in [6.45, 7) is 1.21. The highest BCUT2D eigenvalue weighted by molar-refractivity contribution is 6.31. The zero-order valence-electron chi connectivity index (χ0n) is 7.74. The number of phenolic OH excluding ortho intramolecular Hbond substituents is 1. The minimum absolute atomic E-state index is 0.0824. The molecule has 0 spiro atoms. The van der Waals surface area contributed by atoms with Crippen LogP contribution in [0.4, 0.5) is 5.69 Å². The Hall–Kier alpha value is -1.75. The molecule has 3 N–H and O–H groups in total. The molecule has 0 aliphatic heterocycles. The van der Waals surface area contributed by atoms with E-state index in [9.17, 15) is 14.7 Å². The number of anilines is 1. The number of carboxylic acid groups (broad SMARTS) is 1. The first kappa shape index (κ1) is 11.3. The van der Waals surface area contributed by atoms with Crippen LogP contribution < -0.4 is 5.32 Å². The topological polar surface area (TPSA) is 86.6 Å². The Balaban J connectivity index is 3.33. The van der Waals surface area contributed by atoms with Gasteiger partial charge >= 0.3 is 5.97 Å². The summed E-state index contributed by atoms with van der Waals surface area (Å²) in [6, 6.07) is 2.30. The maximum Gasteiger partial charge on any atom is 0.338 e. The van der Waals surface area contributed by atoms with E-state index in [4.69, 9.17) is 16.7 Å². The van der Waals surface area contributed by atoms with Crippen LogP contribution in [0.2, 0.25) is 5.02 Å². The summed E-state index contributed by atoms with van der Waals surface area (Å²) in [5.41, 5.74) is -0.408. The van der Waals surface area contributed by atoms with Gasteiger partial charge in [-0.3, -0.25) is 4.79 Å². The molecule has 6 heteroatoms. The fourth-order valence-corrected chi connectivity index (χ4v) is 1.28. The van der Waals surface area contributed by atoms with E-state index in [1.165, 1.54) is 6.92 Å². The van der Waals surface area contributed by atoms with Crippen LogP contribution in [0.1, 0.15) is 17.3 Å². The molecule has 1 rings (SSSR count). The zero-order valence-corrected chi connectivity index (χ0v) is 8.50. The Kier molecular flexibility index (Phi) is 3.16. The van der Waals surface area contributed by atoms with E-state index in [2.05, 4.69) is 5.32 Å². The molecule has 1 amide bonds. The van der Waals surface area contributed by atoms with Crippen LogP contribution in [0.3, 0.4) is 0 Å². The molecule has 0 radical (unpaired) electrons. The van der Waals surface area contributed by atoms with Crippen molar-refractivity contribution in [1.29, 1.82) is 0 Å². The molecule has 0 unspecified atom stereocenters. The summed E-state index contributed by atoms with van der Waals surface area (Å²) in [5, 5.41) is 20.5. The first-order valence-electron chi connectivity index (χ1n) is 3.95. The number of phenols is 1. The minimum atomic E-state index is -1.28. The average Bonchev–Trinajstić information content (AvgIpc) is 2.08. The molecule has 0 heterocycles. The summed E-state index contributed by atoms with van der Waals surface area (Å²) >= 11 is 5.57. The second kappa shape index (κ2) is 4.18. The van der Waals surface area contributed by atoms with Gasteiger partial charge < -0.3 is 15.5 Å². The van der Waals surface area contributed by atoms with Gasteiger partial charge in [0.25, 0.3) is 0 Å². The molecule has 1 aromatic rings. The third-order valence-electron chi connectivity index (χ3n) is 1.61. The summed E-state index contributed by atoms with van der Waals surface area (Å²) in [6.07, 6.45) is 0. The van der Waals surface area contributed by atoms with Crippen molar-refractivity contribution in [3.8, 4) is 5.75 Å². The van der Waals surface area contributed by atoms with Crippen molar-refractivity contribution in [1.82, 2.24) is 0 Å². The molecule has 0 bridgehead atoms. The monoisotopic (exact) mass is 229 g/mol. The Bertz CT molecular complexity index is 430. The van der Waals surface area contributed by atoms with E-state index >= 15 is 0 Å². The number of rotatable bonds is 2. The molecule has 15 heavy (non-hydrogen) atoms. The number of carbonyl (C=O) groups is 2. The van der Waals surface area contributed by atoms with Crippen LogP contribution in [-0.4, -0.2) is 22.1 Å². The Morgan fingerprint density at radius 3 is 2.47 bits per heavy atom. The molecule has 0 aliphatic carbocycles. The molecular formula is C9H8ClNO4. The summed E-state index contributed by atoms with van der Waals surface area (Å²) < 4.78 is 0. The number of hydrogen-bond donors (Lipinski definition) is 3. The number of carboxylic acids is 1. The van der Waals surface area contributed by atoms with Crippen molar-refractivity contribution in [2.24, 2.45) is 0 Å². The number of carbonyl (C=O) groups excluding carboxylic acids is 1. The maximum absolute atomic E-state index is 10.8. The van der Waals surface area contributed by atoms with Crippen LogP contribution in [-0.2, 0) is 4.79 Å². The van der Waals surface area contributed by atoms with Crippen molar-refractivity contribution in [3.05, 3.63) is 22.7 Å². The van der Waals surface area contributed by atoms with E-state index in [0.29, 0.717) is 0 Å². The lowest BCUT2D eigenvalue weighted by molar-refractivity contribution is -0.114. The molecule has 0 aromatic heterocycles. The number of hydrogen-bond acceptors (Lipinski definition) is 3. The van der Waals surface area contributed by atoms with Gasteiger partial charge in [-0.15, -0.1) is 0 Å². The number of aromatic hydroxyl groups is 1. The van der Waals surface area contributed by atoms with Crippen LogP contribution >= 0.6 is 11.6 Å². The van der Waals surface area contributed by atoms with Gasteiger partial charge in [-0.25, -0.2) is 4.79 Å². The van der Waals surface area contributed by atoms with Gasteiger partial charge in [0.05, 0.1) is 11.3 Å². The van der Waals surface area contributed by atoms with Crippen molar-refractivity contribution in [2.45, 2.75) is 6.92 Å². The molecule has 5 nitrogen and oxygen atoms in total. The standard InChI is InChI=1S/C9H8ClNO4/c1-4(12)11-8-6(9(14)15)2-5(10)3-7(8)13/h2-3,13H,1H3,(H,11,12)(H,14,15). The van der Waals surface area contributed by atoms with Gasteiger partial charge in [0, 0.05) is 18.0 Å². The predicted molar refractivity (Wildman–Crippen MR) is 54.4 cm³/mol. The lowest BCUT2D eigenvalue weighted by Crippen LogP contribution is -2.11. The minimum Gasteiger partial charge on any atom is -0.506 e. The average molecular weight is 230 g/mol. The number of aromatic carboxylic acids is 1. The third-order valence-corrected chi connectivity index (χ3v) is 1.83. The fourth-order valence-electron chi connectivity index (χ4n) is 1.07. The number of nitrogens with one attached hydrogen (secondary N) is 1. The molecule has 1 aromatic carbocycles. The van der Waals surface area contributed by atoms with Gasteiger partial charge in [0.1, 0.15) is 5.75 Å². The normalized spacial score (nSPS) is 9.73. The van der Waals surface area contributed by atoms with Gasteiger partial charge in [0.15, 0.2) is 0 Å². The van der Waals surface area contributed by atoms with Crippen LogP contribution in [0.25, 0.3) is 0 Å². The van der Waals surface area contributed by atoms with Crippen molar-refractivity contribution < 1.29 is 19.8 Å². The fraction of sp³-hybridized carbons (Fsp3) is 0.111. The van der Waals surface area contributed by atoms with Gasteiger partial charge in [-0.2, -0.15) is 0 Å². The highest BCUT2D eigenvalue weighted by Crippen LogP contribution is 2.31. The second-order valence-electron chi connectivity index (χ2n) is 2.83. The third kappa shape index (κ3) is 2.60. The van der Waals surface area contributed by atoms with Gasteiger partial charge in [0.2, 0.25) is 5.91 Å². The second-order valence-corrected chi connectivity index (χ2v) is 3.27. The van der Waals surface area contributed by atoms with E-state index < -0.39 is 11.9 Å². The molecule has 80 valence electrons. The van der Waals surface area contributed by atoms with E-state index in [1.54, 1.807) is 0 Å². The van der Waals surface area contributed by atoms with Crippen LogP contribution in [0, 0.1) is 0 Å². The Morgan fingerprint density at radius 1 is 1.40 bits per heavy atom. The quantitative estimate of drug-likeness (QED) is 0.674. The van der Waals surface area contributed by atoms with Crippen LogP contribution in [0.5, 0.6) is 5.75 Å². The highest BCUT2D eigenvalue weighted by Gasteiger charge is 2.16. The molecular weight excluding hydrogens is 222 g/mol. The van der Waals surface area contributed by atoms with Gasteiger partial charge in [-0.1, -0.05) is 11.6 Å². The molecule has 0 saturated carbocycles. The molecule has 0 aliphatic rings. The summed E-state index contributed by atoms with van der Waals surface area (Å²) in [5.74, 6) is -2.14. The highest BCUT2D eigenvalue weighted by atomic mass is 35.5. The van der Waals surface area contributed by atoms with Crippen molar-refractivity contribution in [2.75, 3.05) is 5.32 Å². The zero-order chi connectivity index (χ0) is 11.6. The molecule has 0 atom stereocenters. The SMILES string of the molecule is CC(=O)Nc1c(O)cc(Cl)cc1C(=O)O. The molecule has 0 saturated heterocycles. The Morgan fingerprint density at radius 2 is 2.00 bits per heavy atom. The summed E-state index contributed by atoms with van der Waals surface area (Å²) in [7, 11) is 0. The number of amides is 1.